The first-order chi connectivity index (χ1) is 8.65. The van der Waals surface area contributed by atoms with Gasteiger partial charge in [0.1, 0.15) is 0 Å². The molecule has 1 aliphatic heterocycles. The highest BCUT2D eigenvalue weighted by atomic mass is 16.5. The largest absolute Gasteiger partial charge is 0.481 e. The molecule has 1 saturated heterocycles. The van der Waals surface area contributed by atoms with Crippen molar-refractivity contribution in [3.8, 4) is 0 Å². The number of amides is 1. The Bertz CT molecular complexity index is 312. The molecule has 2 aliphatic rings. The highest BCUT2D eigenvalue weighted by Gasteiger charge is 2.30. The van der Waals surface area contributed by atoms with Crippen LogP contribution in [-0.2, 0) is 14.3 Å². The van der Waals surface area contributed by atoms with E-state index >= 15 is 0 Å². The van der Waals surface area contributed by atoms with Crippen LogP contribution in [-0.4, -0.2) is 35.7 Å². The van der Waals surface area contributed by atoms with Gasteiger partial charge in [0, 0.05) is 19.1 Å². The number of aliphatic carboxylic acids is 1. The summed E-state index contributed by atoms with van der Waals surface area (Å²) >= 11 is 0. The Kier molecular flexibility index (Phi) is 4.58. The number of carboxylic acids is 1. The third kappa shape index (κ3) is 3.70. The van der Waals surface area contributed by atoms with E-state index < -0.39 is 5.97 Å². The zero-order valence-corrected chi connectivity index (χ0v) is 10.6. The number of carboxylic acid groups (broad SMARTS) is 1. The smallest absolute Gasteiger partial charge is 0.306 e. The summed E-state index contributed by atoms with van der Waals surface area (Å²) in [7, 11) is 0. The maximum Gasteiger partial charge on any atom is 0.306 e. The van der Waals surface area contributed by atoms with Crippen molar-refractivity contribution in [2.75, 3.05) is 6.61 Å². The number of hydrogen-bond acceptors (Lipinski definition) is 3. The van der Waals surface area contributed by atoms with Gasteiger partial charge in [-0.05, 0) is 38.5 Å². The van der Waals surface area contributed by atoms with Crippen molar-refractivity contribution in [2.24, 2.45) is 5.92 Å². The Hall–Kier alpha value is -1.10. The van der Waals surface area contributed by atoms with Crippen LogP contribution in [0.3, 0.4) is 0 Å². The number of hydrogen-bond donors (Lipinski definition) is 2. The fraction of sp³-hybridized carbons (Fsp3) is 0.846. The van der Waals surface area contributed by atoms with Gasteiger partial charge in [0.25, 0.3) is 0 Å². The van der Waals surface area contributed by atoms with Crippen molar-refractivity contribution in [1.82, 2.24) is 5.32 Å². The van der Waals surface area contributed by atoms with Crippen molar-refractivity contribution in [1.29, 1.82) is 0 Å². The van der Waals surface area contributed by atoms with E-state index in [2.05, 4.69) is 5.32 Å². The third-order valence-electron chi connectivity index (χ3n) is 3.86. The predicted molar refractivity (Wildman–Crippen MR) is 65.1 cm³/mol. The highest BCUT2D eigenvalue weighted by Crippen LogP contribution is 2.25. The molecule has 3 unspecified atom stereocenters. The minimum atomic E-state index is -0.744. The molecule has 5 heteroatoms. The molecule has 2 N–H and O–H groups in total. The Morgan fingerprint density at radius 3 is 2.72 bits per heavy atom. The summed E-state index contributed by atoms with van der Waals surface area (Å²) in [6.07, 6.45) is 5.67. The average molecular weight is 255 g/mol. The predicted octanol–water partition coefficient (Wildman–Crippen LogP) is 1.32. The number of rotatable bonds is 5. The first-order valence-corrected chi connectivity index (χ1v) is 6.79. The molecule has 102 valence electrons. The zero-order chi connectivity index (χ0) is 13.0. The molecule has 2 rings (SSSR count). The van der Waals surface area contributed by atoms with Crippen LogP contribution in [0, 0.1) is 5.92 Å². The highest BCUT2D eigenvalue weighted by molar-refractivity contribution is 5.76. The van der Waals surface area contributed by atoms with E-state index in [-0.39, 0.29) is 24.0 Å². The lowest BCUT2D eigenvalue weighted by atomic mass is 10.1. The van der Waals surface area contributed by atoms with Gasteiger partial charge in [-0.1, -0.05) is 0 Å². The molecule has 1 heterocycles. The van der Waals surface area contributed by atoms with Crippen LogP contribution in [0.1, 0.15) is 44.9 Å². The maximum atomic E-state index is 11.7. The molecule has 5 nitrogen and oxygen atoms in total. The van der Waals surface area contributed by atoms with E-state index in [1.165, 1.54) is 0 Å². The Labute approximate surface area is 107 Å². The number of ether oxygens (including phenoxy) is 1. The second-order valence-corrected chi connectivity index (χ2v) is 5.29. The molecular weight excluding hydrogens is 234 g/mol. The van der Waals surface area contributed by atoms with E-state index in [4.69, 9.17) is 9.84 Å². The molecule has 1 aliphatic carbocycles. The van der Waals surface area contributed by atoms with Crippen LogP contribution >= 0.6 is 0 Å². The minimum absolute atomic E-state index is 0.0292. The van der Waals surface area contributed by atoms with E-state index in [0.717, 1.165) is 32.3 Å². The third-order valence-corrected chi connectivity index (χ3v) is 3.86. The molecule has 0 aromatic heterocycles. The van der Waals surface area contributed by atoms with Crippen LogP contribution in [0.25, 0.3) is 0 Å². The summed E-state index contributed by atoms with van der Waals surface area (Å²) < 4.78 is 5.46. The Morgan fingerprint density at radius 1 is 1.28 bits per heavy atom. The van der Waals surface area contributed by atoms with Gasteiger partial charge in [0.2, 0.25) is 5.91 Å². The topological polar surface area (TPSA) is 75.6 Å². The summed E-state index contributed by atoms with van der Waals surface area (Å²) in [5, 5.41) is 11.8. The van der Waals surface area contributed by atoms with Gasteiger partial charge in [-0.2, -0.15) is 0 Å². The van der Waals surface area contributed by atoms with Crippen LogP contribution in [0.5, 0.6) is 0 Å². The Morgan fingerprint density at radius 2 is 2.11 bits per heavy atom. The zero-order valence-electron chi connectivity index (χ0n) is 10.6. The van der Waals surface area contributed by atoms with Gasteiger partial charge in [-0.25, -0.2) is 0 Å². The lowest BCUT2D eigenvalue weighted by Gasteiger charge is -2.13. The standard InChI is InChI=1S/C13H21NO4/c15-12(6-5-11-2-1-7-18-11)14-10-4-3-9(8-10)13(16)17/h9-11H,1-8H2,(H,14,15)(H,16,17). The number of carbonyl (C=O) groups is 2. The maximum absolute atomic E-state index is 11.7. The summed E-state index contributed by atoms with van der Waals surface area (Å²) in [6, 6.07) is 0.0445. The van der Waals surface area contributed by atoms with Crippen molar-refractivity contribution in [3.63, 3.8) is 0 Å². The number of carbonyl (C=O) groups excluding carboxylic acids is 1. The second kappa shape index (κ2) is 6.18. The molecule has 3 atom stereocenters. The molecule has 1 saturated carbocycles. The van der Waals surface area contributed by atoms with Crippen molar-refractivity contribution < 1.29 is 19.4 Å². The SMILES string of the molecule is O=C(CCC1CCCO1)NC1CCC(C(=O)O)C1. The van der Waals surface area contributed by atoms with Crippen LogP contribution in [0.2, 0.25) is 0 Å². The molecular formula is C13H21NO4. The van der Waals surface area contributed by atoms with Gasteiger partial charge >= 0.3 is 5.97 Å². The molecule has 1 amide bonds. The molecule has 0 spiro atoms. The monoisotopic (exact) mass is 255 g/mol. The molecule has 0 radical (unpaired) electrons. The fourth-order valence-corrected chi connectivity index (χ4v) is 2.80. The average Bonchev–Trinajstić information content (AvgIpc) is 2.96. The summed E-state index contributed by atoms with van der Waals surface area (Å²) in [4.78, 5) is 22.5. The lowest BCUT2D eigenvalue weighted by Crippen LogP contribution is -2.33. The number of nitrogens with one attached hydrogen (secondary N) is 1. The van der Waals surface area contributed by atoms with E-state index in [1.807, 2.05) is 0 Å². The van der Waals surface area contributed by atoms with Crippen molar-refractivity contribution in [3.05, 3.63) is 0 Å². The quantitative estimate of drug-likeness (QED) is 0.776. The summed E-state index contributed by atoms with van der Waals surface area (Å²) in [6.45, 7) is 0.815. The Balaban J connectivity index is 1.63. The van der Waals surface area contributed by atoms with Crippen molar-refractivity contribution >= 4 is 11.9 Å². The normalized spacial score (nSPS) is 31.4. The van der Waals surface area contributed by atoms with Crippen LogP contribution in [0.15, 0.2) is 0 Å². The fourth-order valence-electron chi connectivity index (χ4n) is 2.80. The van der Waals surface area contributed by atoms with E-state index in [0.29, 0.717) is 19.3 Å². The second-order valence-electron chi connectivity index (χ2n) is 5.29. The molecule has 0 bridgehead atoms. The van der Waals surface area contributed by atoms with Gasteiger partial charge < -0.3 is 15.2 Å². The van der Waals surface area contributed by atoms with Gasteiger partial charge in [-0.15, -0.1) is 0 Å². The van der Waals surface area contributed by atoms with Gasteiger partial charge in [0.05, 0.1) is 12.0 Å². The van der Waals surface area contributed by atoms with Crippen LogP contribution in [0.4, 0.5) is 0 Å². The first kappa shape index (κ1) is 13.3. The lowest BCUT2D eigenvalue weighted by molar-refractivity contribution is -0.141. The van der Waals surface area contributed by atoms with Gasteiger partial charge in [-0.3, -0.25) is 9.59 Å². The first-order valence-electron chi connectivity index (χ1n) is 6.79. The molecule has 18 heavy (non-hydrogen) atoms. The molecule has 0 aromatic carbocycles. The van der Waals surface area contributed by atoms with E-state index in [1.54, 1.807) is 0 Å². The molecule has 0 aromatic rings. The summed E-state index contributed by atoms with van der Waals surface area (Å²) in [5.41, 5.74) is 0. The minimum Gasteiger partial charge on any atom is -0.481 e. The van der Waals surface area contributed by atoms with Gasteiger partial charge in [0.15, 0.2) is 0 Å². The van der Waals surface area contributed by atoms with Crippen molar-refractivity contribution in [2.45, 2.75) is 57.1 Å². The summed E-state index contributed by atoms with van der Waals surface area (Å²) in [5.74, 6) is -0.999. The van der Waals surface area contributed by atoms with Crippen LogP contribution < -0.4 is 5.32 Å². The molecule has 2 fully saturated rings. The van der Waals surface area contributed by atoms with E-state index in [9.17, 15) is 9.59 Å².